The Hall–Kier alpha value is -1.84. The van der Waals surface area contributed by atoms with Gasteiger partial charge in [0.25, 0.3) is 0 Å². The van der Waals surface area contributed by atoms with Gasteiger partial charge in [0.1, 0.15) is 11.6 Å². The van der Waals surface area contributed by atoms with E-state index in [0.717, 1.165) is 22.7 Å². The van der Waals surface area contributed by atoms with Crippen molar-refractivity contribution >= 4 is 31.9 Å². The number of benzene rings is 2. The third kappa shape index (κ3) is 5.58. The van der Waals surface area contributed by atoms with E-state index in [4.69, 9.17) is 0 Å². The molecule has 140 valence electrons. The fourth-order valence-electron chi connectivity index (χ4n) is 2.23. The summed E-state index contributed by atoms with van der Waals surface area (Å²) in [6.45, 7) is 1.39. The van der Waals surface area contributed by atoms with E-state index in [2.05, 4.69) is 26.0 Å². The first kappa shape index (κ1) is 20.5. The summed E-state index contributed by atoms with van der Waals surface area (Å²) in [5.74, 6) is -1.72. The number of carbonyl (C=O) groups excluding carboxylic acids is 1. The second kappa shape index (κ2) is 8.70. The summed E-state index contributed by atoms with van der Waals surface area (Å²) < 4.78 is 54.2. The second-order valence-corrected chi connectivity index (χ2v) is 8.24. The molecule has 2 aromatic carbocycles. The van der Waals surface area contributed by atoms with E-state index in [1.807, 2.05) is 0 Å². The van der Waals surface area contributed by atoms with Crippen molar-refractivity contribution in [3.63, 3.8) is 0 Å². The number of hydrogen-bond acceptors (Lipinski definition) is 3. The SMILES string of the molecule is CC(NC(=O)CCNS(=O)(=O)c1ccc(Br)cc1)c1cc(F)ccc1F. The van der Waals surface area contributed by atoms with E-state index in [1.54, 1.807) is 12.1 Å². The number of halogens is 3. The average molecular weight is 447 g/mol. The molecule has 0 radical (unpaired) electrons. The maximum atomic E-state index is 13.7. The van der Waals surface area contributed by atoms with Crippen LogP contribution in [0.4, 0.5) is 8.78 Å². The molecule has 1 atom stereocenters. The summed E-state index contributed by atoms with van der Waals surface area (Å²) >= 11 is 3.22. The third-order valence-electron chi connectivity index (χ3n) is 3.57. The van der Waals surface area contributed by atoms with Crippen LogP contribution in [-0.2, 0) is 14.8 Å². The van der Waals surface area contributed by atoms with Gasteiger partial charge in [0.15, 0.2) is 0 Å². The number of sulfonamides is 1. The molecule has 0 spiro atoms. The van der Waals surface area contributed by atoms with Gasteiger partial charge < -0.3 is 5.32 Å². The van der Waals surface area contributed by atoms with Crippen molar-refractivity contribution in [2.24, 2.45) is 0 Å². The van der Waals surface area contributed by atoms with Crippen LogP contribution in [0.3, 0.4) is 0 Å². The molecule has 2 aromatic rings. The highest BCUT2D eigenvalue weighted by Crippen LogP contribution is 2.18. The second-order valence-electron chi connectivity index (χ2n) is 5.56. The lowest BCUT2D eigenvalue weighted by Crippen LogP contribution is -2.32. The van der Waals surface area contributed by atoms with E-state index in [9.17, 15) is 22.0 Å². The molecule has 1 amide bonds. The molecule has 0 saturated carbocycles. The minimum absolute atomic E-state index is 0.0220. The van der Waals surface area contributed by atoms with Crippen LogP contribution < -0.4 is 10.0 Å². The molecule has 0 aliphatic heterocycles. The molecule has 0 aromatic heterocycles. The lowest BCUT2D eigenvalue weighted by atomic mass is 10.1. The Balaban J connectivity index is 1.88. The predicted molar refractivity (Wildman–Crippen MR) is 96.9 cm³/mol. The van der Waals surface area contributed by atoms with Crippen molar-refractivity contribution < 1.29 is 22.0 Å². The number of hydrogen-bond donors (Lipinski definition) is 2. The molecule has 1 unspecified atom stereocenters. The van der Waals surface area contributed by atoms with Crippen LogP contribution in [0.1, 0.15) is 24.9 Å². The van der Waals surface area contributed by atoms with Crippen molar-refractivity contribution in [2.45, 2.75) is 24.3 Å². The first-order valence-electron chi connectivity index (χ1n) is 7.68. The highest BCUT2D eigenvalue weighted by molar-refractivity contribution is 9.10. The standard InChI is InChI=1S/C17H17BrF2N2O3S/c1-11(15-10-13(19)4-7-16(15)20)22-17(23)8-9-21-26(24,25)14-5-2-12(18)3-6-14/h2-7,10-11,21H,8-9H2,1H3,(H,22,23). The van der Waals surface area contributed by atoms with Crippen LogP contribution in [-0.4, -0.2) is 20.9 Å². The first-order chi connectivity index (χ1) is 12.2. The van der Waals surface area contributed by atoms with Crippen LogP contribution in [0.5, 0.6) is 0 Å². The normalized spacial score (nSPS) is 12.6. The number of rotatable bonds is 7. The van der Waals surface area contributed by atoms with Crippen molar-refractivity contribution in [3.8, 4) is 0 Å². The molecular formula is C17H17BrF2N2O3S. The molecule has 0 fully saturated rings. The monoisotopic (exact) mass is 446 g/mol. The summed E-state index contributed by atoms with van der Waals surface area (Å²) in [5.41, 5.74) is 0.0220. The summed E-state index contributed by atoms with van der Waals surface area (Å²) in [7, 11) is -3.73. The van der Waals surface area contributed by atoms with Crippen LogP contribution in [0.2, 0.25) is 0 Å². The van der Waals surface area contributed by atoms with Gasteiger partial charge in [-0.25, -0.2) is 21.9 Å². The van der Waals surface area contributed by atoms with Gasteiger partial charge in [-0.1, -0.05) is 15.9 Å². The molecule has 2 rings (SSSR count). The maximum absolute atomic E-state index is 13.7. The minimum Gasteiger partial charge on any atom is -0.349 e. The maximum Gasteiger partial charge on any atom is 0.240 e. The molecule has 26 heavy (non-hydrogen) atoms. The van der Waals surface area contributed by atoms with Crippen LogP contribution in [0.15, 0.2) is 51.8 Å². The zero-order valence-corrected chi connectivity index (χ0v) is 16.2. The zero-order valence-electron chi connectivity index (χ0n) is 13.8. The molecule has 2 N–H and O–H groups in total. The Labute approximate surface area is 159 Å². The summed E-state index contributed by atoms with van der Waals surface area (Å²) in [6, 6.07) is 8.29. The third-order valence-corrected chi connectivity index (χ3v) is 5.58. The van der Waals surface area contributed by atoms with Gasteiger partial charge in [-0.3, -0.25) is 4.79 Å². The van der Waals surface area contributed by atoms with Gasteiger partial charge in [0, 0.05) is 23.0 Å². The average Bonchev–Trinajstić information content (AvgIpc) is 2.57. The fourth-order valence-corrected chi connectivity index (χ4v) is 3.53. The lowest BCUT2D eigenvalue weighted by molar-refractivity contribution is -0.121. The molecule has 0 heterocycles. The topological polar surface area (TPSA) is 75.3 Å². The lowest BCUT2D eigenvalue weighted by Gasteiger charge is -2.15. The number of nitrogens with one attached hydrogen (secondary N) is 2. The predicted octanol–water partition coefficient (Wildman–Crippen LogP) is 3.27. The molecule has 0 bridgehead atoms. The van der Waals surface area contributed by atoms with Crippen LogP contribution >= 0.6 is 15.9 Å². The summed E-state index contributed by atoms with van der Waals surface area (Å²) in [6.07, 6.45) is -0.142. The molecule has 0 aliphatic rings. The fraction of sp³-hybridized carbons (Fsp3) is 0.235. The van der Waals surface area contributed by atoms with Crippen molar-refractivity contribution in [2.75, 3.05) is 6.54 Å². The number of carbonyl (C=O) groups is 1. The van der Waals surface area contributed by atoms with E-state index < -0.39 is 33.6 Å². The van der Waals surface area contributed by atoms with E-state index in [1.165, 1.54) is 19.1 Å². The van der Waals surface area contributed by atoms with Crippen molar-refractivity contribution in [1.82, 2.24) is 10.0 Å². The quantitative estimate of drug-likeness (QED) is 0.685. The Morgan fingerprint density at radius 2 is 1.81 bits per heavy atom. The van der Waals surface area contributed by atoms with Crippen molar-refractivity contribution in [1.29, 1.82) is 0 Å². The molecule has 0 aliphatic carbocycles. The Morgan fingerprint density at radius 1 is 1.15 bits per heavy atom. The van der Waals surface area contributed by atoms with Crippen molar-refractivity contribution in [3.05, 3.63) is 64.1 Å². The summed E-state index contributed by atoms with van der Waals surface area (Å²) in [5, 5.41) is 2.51. The van der Waals surface area contributed by atoms with Gasteiger partial charge in [0.2, 0.25) is 15.9 Å². The number of amides is 1. The molecule has 9 heteroatoms. The van der Waals surface area contributed by atoms with E-state index in [0.29, 0.717) is 0 Å². The largest absolute Gasteiger partial charge is 0.349 e. The smallest absolute Gasteiger partial charge is 0.240 e. The van der Waals surface area contributed by atoms with Gasteiger partial charge in [-0.15, -0.1) is 0 Å². The highest BCUT2D eigenvalue weighted by atomic mass is 79.9. The molecule has 5 nitrogen and oxygen atoms in total. The van der Waals surface area contributed by atoms with Gasteiger partial charge in [-0.05, 0) is 49.4 Å². The van der Waals surface area contributed by atoms with Gasteiger partial charge in [-0.2, -0.15) is 0 Å². The highest BCUT2D eigenvalue weighted by Gasteiger charge is 2.17. The van der Waals surface area contributed by atoms with Gasteiger partial charge >= 0.3 is 0 Å². The van der Waals surface area contributed by atoms with Crippen LogP contribution in [0.25, 0.3) is 0 Å². The zero-order chi connectivity index (χ0) is 19.3. The first-order valence-corrected chi connectivity index (χ1v) is 9.96. The summed E-state index contributed by atoms with van der Waals surface area (Å²) in [4.78, 5) is 12.0. The molecule has 0 saturated heterocycles. The van der Waals surface area contributed by atoms with Gasteiger partial charge in [0.05, 0.1) is 10.9 Å². The molecular weight excluding hydrogens is 430 g/mol. The Kier molecular flexibility index (Phi) is 6.85. The Bertz CT molecular complexity index is 889. The van der Waals surface area contributed by atoms with E-state index in [-0.39, 0.29) is 23.4 Å². The minimum atomic E-state index is -3.73. The van der Waals surface area contributed by atoms with E-state index >= 15 is 0 Å². The van der Waals surface area contributed by atoms with Crippen LogP contribution in [0, 0.1) is 11.6 Å². The Morgan fingerprint density at radius 3 is 2.46 bits per heavy atom.